The molecule has 0 aliphatic heterocycles. The Morgan fingerprint density at radius 3 is 2.56 bits per heavy atom. The standard InChI is InChI=1S/C15H17NO2/c1-3-4-11-5-7-12(8-6-11)13-9-10-16-14(13)15(17)18-2/h5-10,16H,3-4H2,1-2H3. The average Bonchev–Trinajstić information content (AvgIpc) is 2.88. The summed E-state index contributed by atoms with van der Waals surface area (Å²) in [6.45, 7) is 2.16. The molecule has 94 valence electrons. The van der Waals surface area contributed by atoms with E-state index in [1.807, 2.05) is 18.2 Å². The minimum Gasteiger partial charge on any atom is -0.464 e. The molecule has 1 heterocycles. The lowest BCUT2D eigenvalue weighted by Gasteiger charge is -2.04. The SMILES string of the molecule is CCCc1ccc(-c2cc[nH]c2C(=O)OC)cc1. The Labute approximate surface area is 107 Å². The van der Waals surface area contributed by atoms with Gasteiger partial charge in [0.2, 0.25) is 0 Å². The number of carbonyl (C=O) groups excluding carboxylic acids is 1. The summed E-state index contributed by atoms with van der Waals surface area (Å²) in [5, 5.41) is 0. The van der Waals surface area contributed by atoms with Crippen LogP contribution < -0.4 is 0 Å². The molecule has 0 unspecified atom stereocenters. The van der Waals surface area contributed by atoms with E-state index in [0.717, 1.165) is 24.0 Å². The molecule has 0 bridgehead atoms. The molecule has 0 saturated heterocycles. The molecular formula is C15H17NO2. The van der Waals surface area contributed by atoms with Gasteiger partial charge in [0.25, 0.3) is 0 Å². The van der Waals surface area contributed by atoms with Crippen LogP contribution in [0.1, 0.15) is 29.4 Å². The summed E-state index contributed by atoms with van der Waals surface area (Å²) in [6, 6.07) is 10.2. The van der Waals surface area contributed by atoms with E-state index in [0.29, 0.717) is 5.69 Å². The number of esters is 1. The largest absolute Gasteiger partial charge is 0.464 e. The lowest BCUT2D eigenvalue weighted by molar-refractivity contribution is 0.0596. The number of aromatic nitrogens is 1. The van der Waals surface area contributed by atoms with Crippen LogP contribution in [0, 0.1) is 0 Å². The number of aromatic amines is 1. The number of hydrogen-bond acceptors (Lipinski definition) is 2. The summed E-state index contributed by atoms with van der Waals surface area (Å²) in [5.41, 5.74) is 3.72. The van der Waals surface area contributed by atoms with Crippen LogP contribution in [0.2, 0.25) is 0 Å². The fourth-order valence-corrected chi connectivity index (χ4v) is 2.02. The van der Waals surface area contributed by atoms with Crippen LogP contribution in [0.3, 0.4) is 0 Å². The Morgan fingerprint density at radius 2 is 1.94 bits per heavy atom. The normalized spacial score (nSPS) is 10.3. The number of aryl methyl sites for hydroxylation is 1. The monoisotopic (exact) mass is 243 g/mol. The van der Waals surface area contributed by atoms with Gasteiger partial charge in [-0.15, -0.1) is 0 Å². The molecule has 0 radical (unpaired) electrons. The first kappa shape index (κ1) is 12.4. The Hall–Kier alpha value is -2.03. The molecule has 0 fully saturated rings. The summed E-state index contributed by atoms with van der Waals surface area (Å²) in [4.78, 5) is 14.5. The number of methoxy groups -OCH3 is 1. The fraction of sp³-hybridized carbons (Fsp3) is 0.267. The van der Waals surface area contributed by atoms with E-state index in [9.17, 15) is 4.79 Å². The van der Waals surface area contributed by atoms with Crippen LogP contribution in [-0.4, -0.2) is 18.1 Å². The number of rotatable bonds is 4. The first-order valence-electron chi connectivity index (χ1n) is 6.11. The summed E-state index contributed by atoms with van der Waals surface area (Å²) < 4.78 is 4.75. The average molecular weight is 243 g/mol. The Kier molecular flexibility index (Phi) is 3.82. The summed E-state index contributed by atoms with van der Waals surface area (Å²) in [7, 11) is 1.39. The van der Waals surface area contributed by atoms with Gasteiger partial charge in [0.15, 0.2) is 0 Å². The molecule has 3 heteroatoms. The van der Waals surface area contributed by atoms with Gasteiger partial charge in [0.05, 0.1) is 7.11 Å². The minimum atomic E-state index is -0.340. The van der Waals surface area contributed by atoms with Crippen molar-refractivity contribution in [2.24, 2.45) is 0 Å². The lowest BCUT2D eigenvalue weighted by Crippen LogP contribution is -2.03. The van der Waals surface area contributed by atoms with Crippen molar-refractivity contribution in [3.8, 4) is 11.1 Å². The van der Waals surface area contributed by atoms with E-state index in [1.165, 1.54) is 12.7 Å². The number of hydrogen-bond donors (Lipinski definition) is 1. The molecule has 3 nitrogen and oxygen atoms in total. The molecule has 1 aromatic heterocycles. The van der Waals surface area contributed by atoms with Gasteiger partial charge in [-0.3, -0.25) is 0 Å². The van der Waals surface area contributed by atoms with Crippen LogP contribution in [-0.2, 0) is 11.2 Å². The lowest BCUT2D eigenvalue weighted by atomic mass is 10.0. The first-order chi connectivity index (χ1) is 8.76. The zero-order valence-corrected chi connectivity index (χ0v) is 10.7. The van der Waals surface area contributed by atoms with Gasteiger partial charge >= 0.3 is 5.97 Å². The molecule has 0 amide bonds. The predicted molar refractivity (Wildman–Crippen MR) is 71.6 cm³/mol. The molecule has 0 atom stereocenters. The van der Waals surface area contributed by atoms with Crippen molar-refractivity contribution in [2.45, 2.75) is 19.8 Å². The number of carbonyl (C=O) groups is 1. The minimum absolute atomic E-state index is 0.340. The third kappa shape index (κ3) is 2.45. The highest BCUT2D eigenvalue weighted by molar-refractivity contribution is 5.95. The maximum Gasteiger partial charge on any atom is 0.355 e. The van der Waals surface area contributed by atoms with Crippen LogP contribution in [0.15, 0.2) is 36.5 Å². The number of ether oxygens (including phenoxy) is 1. The van der Waals surface area contributed by atoms with Crippen molar-refractivity contribution in [1.29, 1.82) is 0 Å². The van der Waals surface area contributed by atoms with Gasteiger partial charge in [-0.1, -0.05) is 37.6 Å². The third-order valence-corrected chi connectivity index (χ3v) is 2.94. The van der Waals surface area contributed by atoms with E-state index >= 15 is 0 Å². The highest BCUT2D eigenvalue weighted by atomic mass is 16.5. The van der Waals surface area contributed by atoms with Gasteiger partial charge in [-0.25, -0.2) is 4.79 Å². The molecule has 1 aromatic carbocycles. The second kappa shape index (κ2) is 5.54. The third-order valence-electron chi connectivity index (χ3n) is 2.94. The Bertz CT molecular complexity index is 526. The van der Waals surface area contributed by atoms with E-state index in [2.05, 4.69) is 24.0 Å². The molecule has 2 aromatic rings. The molecule has 0 spiro atoms. The first-order valence-corrected chi connectivity index (χ1v) is 6.11. The zero-order chi connectivity index (χ0) is 13.0. The second-order valence-electron chi connectivity index (χ2n) is 4.20. The van der Waals surface area contributed by atoms with Gasteiger partial charge in [0.1, 0.15) is 5.69 Å². The number of nitrogens with one attached hydrogen (secondary N) is 1. The quantitative estimate of drug-likeness (QED) is 0.836. The Morgan fingerprint density at radius 1 is 1.22 bits per heavy atom. The molecular weight excluding hydrogens is 226 g/mol. The van der Waals surface area contributed by atoms with Gasteiger partial charge < -0.3 is 9.72 Å². The van der Waals surface area contributed by atoms with Crippen LogP contribution in [0.25, 0.3) is 11.1 Å². The van der Waals surface area contributed by atoms with Gasteiger partial charge in [-0.05, 0) is 23.6 Å². The van der Waals surface area contributed by atoms with Gasteiger partial charge in [0, 0.05) is 11.8 Å². The van der Waals surface area contributed by atoms with E-state index < -0.39 is 0 Å². The van der Waals surface area contributed by atoms with Crippen molar-refractivity contribution in [1.82, 2.24) is 4.98 Å². The molecule has 1 N–H and O–H groups in total. The van der Waals surface area contributed by atoms with Crippen molar-refractivity contribution in [2.75, 3.05) is 7.11 Å². The Balaban J connectivity index is 2.31. The van der Waals surface area contributed by atoms with Crippen molar-refractivity contribution in [3.05, 3.63) is 47.8 Å². The maximum atomic E-state index is 11.6. The fourth-order valence-electron chi connectivity index (χ4n) is 2.02. The molecule has 0 saturated carbocycles. The summed E-state index contributed by atoms with van der Waals surface area (Å²) in [6.07, 6.45) is 3.97. The van der Waals surface area contributed by atoms with Crippen molar-refractivity contribution < 1.29 is 9.53 Å². The molecule has 18 heavy (non-hydrogen) atoms. The molecule has 0 aliphatic rings. The summed E-state index contributed by atoms with van der Waals surface area (Å²) in [5.74, 6) is -0.340. The topological polar surface area (TPSA) is 42.1 Å². The van der Waals surface area contributed by atoms with Crippen LogP contribution in [0.5, 0.6) is 0 Å². The molecule has 0 aliphatic carbocycles. The maximum absolute atomic E-state index is 11.6. The molecule has 2 rings (SSSR count). The van der Waals surface area contributed by atoms with Crippen molar-refractivity contribution >= 4 is 5.97 Å². The van der Waals surface area contributed by atoms with E-state index in [-0.39, 0.29) is 5.97 Å². The van der Waals surface area contributed by atoms with E-state index in [1.54, 1.807) is 6.20 Å². The van der Waals surface area contributed by atoms with Gasteiger partial charge in [-0.2, -0.15) is 0 Å². The smallest absolute Gasteiger partial charge is 0.355 e. The summed E-state index contributed by atoms with van der Waals surface area (Å²) >= 11 is 0. The second-order valence-corrected chi connectivity index (χ2v) is 4.20. The number of benzene rings is 1. The van der Waals surface area contributed by atoms with Crippen LogP contribution in [0.4, 0.5) is 0 Å². The van der Waals surface area contributed by atoms with Crippen molar-refractivity contribution in [3.63, 3.8) is 0 Å². The predicted octanol–water partition coefficient (Wildman–Crippen LogP) is 3.42. The highest BCUT2D eigenvalue weighted by Gasteiger charge is 2.14. The number of H-pyrrole nitrogens is 1. The zero-order valence-electron chi connectivity index (χ0n) is 10.7. The highest BCUT2D eigenvalue weighted by Crippen LogP contribution is 2.24. The van der Waals surface area contributed by atoms with Crippen LogP contribution >= 0.6 is 0 Å². The van der Waals surface area contributed by atoms with E-state index in [4.69, 9.17) is 4.74 Å².